The van der Waals surface area contributed by atoms with E-state index < -0.39 is 0 Å². The molecule has 0 spiro atoms. The van der Waals surface area contributed by atoms with Crippen molar-refractivity contribution in [2.24, 2.45) is 0 Å². The molecule has 0 unspecified atom stereocenters. The zero-order valence-electron chi connectivity index (χ0n) is 11.8. The summed E-state index contributed by atoms with van der Waals surface area (Å²) < 4.78 is 15.9. The van der Waals surface area contributed by atoms with Crippen molar-refractivity contribution in [1.29, 1.82) is 0 Å². The van der Waals surface area contributed by atoms with E-state index in [0.29, 0.717) is 23.8 Å². The number of fused-ring (bicyclic) bond motifs is 1. The minimum Gasteiger partial charge on any atom is -0.454 e. The van der Waals surface area contributed by atoms with E-state index in [-0.39, 0.29) is 6.79 Å². The maximum absolute atomic E-state index is 5.36. The van der Waals surface area contributed by atoms with E-state index in [1.807, 2.05) is 37.3 Å². The van der Waals surface area contributed by atoms with Gasteiger partial charge in [0.1, 0.15) is 5.69 Å². The molecule has 22 heavy (non-hydrogen) atoms. The molecule has 1 aliphatic rings. The van der Waals surface area contributed by atoms with E-state index in [1.165, 1.54) is 0 Å². The van der Waals surface area contributed by atoms with Crippen LogP contribution in [0.2, 0.25) is 0 Å². The second-order valence-corrected chi connectivity index (χ2v) is 4.94. The van der Waals surface area contributed by atoms with Gasteiger partial charge in [-0.3, -0.25) is 0 Å². The van der Waals surface area contributed by atoms with Crippen LogP contribution in [0, 0.1) is 6.92 Å². The highest BCUT2D eigenvalue weighted by atomic mass is 16.7. The second-order valence-electron chi connectivity index (χ2n) is 4.94. The quantitative estimate of drug-likeness (QED) is 0.732. The van der Waals surface area contributed by atoms with Crippen molar-refractivity contribution in [3.63, 3.8) is 0 Å². The van der Waals surface area contributed by atoms with Crippen LogP contribution in [0.15, 0.2) is 34.9 Å². The molecule has 7 heteroatoms. The molecule has 0 saturated carbocycles. The van der Waals surface area contributed by atoms with Gasteiger partial charge >= 0.3 is 0 Å². The zero-order valence-corrected chi connectivity index (χ0v) is 11.8. The summed E-state index contributed by atoms with van der Waals surface area (Å²) in [6.45, 7) is 2.13. The lowest BCUT2D eigenvalue weighted by Gasteiger charge is -1.99. The molecular weight excluding hydrogens is 284 g/mol. The Labute approximate surface area is 125 Å². The van der Waals surface area contributed by atoms with Crippen LogP contribution in [0.3, 0.4) is 0 Å². The lowest BCUT2D eigenvalue weighted by atomic mass is 10.1. The van der Waals surface area contributed by atoms with E-state index >= 15 is 0 Å². The van der Waals surface area contributed by atoms with Gasteiger partial charge in [0.15, 0.2) is 11.5 Å². The van der Waals surface area contributed by atoms with E-state index in [4.69, 9.17) is 14.0 Å². The third kappa shape index (κ3) is 2.37. The Morgan fingerprint density at radius 3 is 2.82 bits per heavy atom. The normalized spacial score (nSPS) is 12.6. The van der Waals surface area contributed by atoms with Crippen LogP contribution in [0.25, 0.3) is 11.5 Å². The van der Waals surface area contributed by atoms with Crippen LogP contribution in [0.4, 0.5) is 0 Å². The standard InChI is InChI=1S/C15H12N4O3/c1-9-2-4-11(18-17-9)15-16-14(22-19-15)7-10-3-5-12-13(6-10)21-8-20-12/h2-6H,7-8H2,1H3. The van der Waals surface area contributed by atoms with E-state index in [0.717, 1.165) is 22.8 Å². The smallest absolute Gasteiger partial charge is 0.231 e. The number of aromatic nitrogens is 4. The molecule has 0 fully saturated rings. The van der Waals surface area contributed by atoms with Crippen LogP contribution in [0.5, 0.6) is 11.5 Å². The molecule has 0 radical (unpaired) electrons. The molecule has 1 aromatic carbocycles. The lowest BCUT2D eigenvalue weighted by Crippen LogP contribution is -1.93. The van der Waals surface area contributed by atoms with Crippen LogP contribution in [0.1, 0.15) is 17.1 Å². The summed E-state index contributed by atoms with van der Waals surface area (Å²) in [5, 5.41) is 12.0. The molecule has 4 rings (SSSR count). The zero-order chi connectivity index (χ0) is 14.9. The van der Waals surface area contributed by atoms with Gasteiger partial charge in [-0.2, -0.15) is 10.1 Å². The van der Waals surface area contributed by atoms with Gasteiger partial charge in [0.05, 0.1) is 12.1 Å². The molecule has 0 amide bonds. The maximum atomic E-state index is 5.36. The number of rotatable bonds is 3. The van der Waals surface area contributed by atoms with E-state index in [1.54, 1.807) is 0 Å². The van der Waals surface area contributed by atoms with Crippen LogP contribution < -0.4 is 9.47 Å². The van der Waals surface area contributed by atoms with Crippen molar-refractivity contribution in [3.8, 4) is 23.0 Å². The Morgan fingerprint density at radius 1 is 1.05 bits per heavy atom. The topological polar surface area (TPSA) is 83.2 Å². The number of benzene rings is 1. The highest BCUT2D eigenvalue weighted by Crippen LogP contribution is 2.33. The van der Waals surface area contributed by atoms with Crippen molar-refractivity contribution in [2.75, 3.05) is 6.79 Å². The molecule has 110 valence electrons. The van der Waals surface area contributed by atoms with Gasteiger partial charge in [-0.05, 0) is 36.8 Å². The molecule has 2 aromatic heterocycles. The van der Waals surface area contributed by atoms with Crippen molar-refractivity contribution < 1.29 is 14.0 Å². The van der Waals surface area contributed by atoms with Gasteiger partial charge in [-0.15, -0.1) is 5.10 Å². The van der Waals surface area contributed by atoms with Crippen molar-refractivity contribution in [1.82, 2.24) is 20.3 Å². The third-order valence-electron chi connectivity index (χ3n) is 3.29. The minimum absolute atomic E-state index is 0.260. The molecule has 0 bridgehead atoms. The monoisotopic (exact) mass is 296 g/mol. The number of hydrogen-bond donors (Lipinski definition) is 0. The first kappa shape index (κ1) is 12.8. The van der Waals surface area contributed by atoms with Crippen molar-refractivity contribution in [2.45, 2.75) is 13.3 Å². The average Bonchev–Trinajstić information content (AvgIpc) is 3.17. The summed E-state index contributed by atoms with van der Waals surface area (Å²) in [5.41, 5.74) is 2.44. The van der Waals surface area contributed by atoms with Crippen molar-refractivity contribution in [3.05, 3.63) is 47.5 Å². The van der Waals surface area contributed by atoms with Gasteiger partial charge < -0.3 is 14.0 Å². The molecule has 3 heterocycles. The SMILES string of the molecule is Cc1ccc(-c2noc(Cc3ccc4c(c3)OCO4)n2)nn1. The predicted octanol–water partition coefficient (Wildman–Crippen LogP) is 2.15. The first-order chi connectivity index (χ1) is 10.8. The summed E-state index contributed by atoms with van der Waals surface area (Å²) >= 11 is 0. The molecule has 0 atom stereocenters. The Kier molecular flexibility index (Phi) is 2.96. The van der Waals surface area contributed by atoms with Crippen LogP contribution in [-0.2, 0) is 6.42 Å². The largest absolute Gasteiger partial charge is 0.454 e. The highest BCUT2D eigenvalue weighted by Gasteiger charge is 2.15. The Bertz CT molecular complexity index is 814. The molecule has 0 saturated heterocycles. The Hall–Kier alpha value is -2.96. The van der Waals surface area contributed by atoms with Gasteiger partial charge in [-0.1, -0.05) is 11.2 Å². The Morgan fingerprint density at radius 2 is 1.95 bits per heavy atom. The average molecular weight is 296 g/mol. The maximum Gasteiger partial charge on any atom is 0.231 e. The summed E-state index contributed by atoms with van der Waals surface area (Å²) in [6, 6.07) is 9.41. The predicted molar refractivity (Wildman–Crippen MR) is 75.4 cm³/mol. The lowest BCUT2D eigenvalue weighted by molar-refractivity contribution is 0.174. The number of hydrogen-bond acceptors (Lipinski definition) is 7. The fourth-order valence-corrected chi connectivity index (χ4v) is 2.17. The van der Waals surface area contributed by atoms with E-state index in [9.17, 15) is 0 Å². The number of aryl methyl sites for hydroxylation is 1. The number of ether oxygens (including phenoxy) is 2. The van der Waals surface area contributed by atoms with Crippen molar-refractivity contribution >= 4 is 0 Å². The molecule has 0 N–H and O–H groups in total. The van der Waals surface area contributed by atoms with Gasteiger partial charge in [0, 0.05) is 0 Å². The fraction of sp³-hybridized carbons (Fsp3) is 0.200. The van der Waals surface area contributed by atoms with Gasteiger partial charge in [0.2, 0.25) is 18.5 Å². The van der Waals surface area contributed by atoms with Crippen LogP contribution in [-0.4, -0.2) is 27.1 Å². The van der Waals surface area contributed by atoms with E-state index in [2.05, 4.69) is 20.3 Å². The fourth-order valence-electron chi connectivity index (χ4n) is 2.17. The summed E-state index contributed by atoms with van der Waals surface area (Å²) in [7, 11) is 0. The van der Waals surface area contributed by atoms with Gasteiger partial charge in [0.25, 0.3) is 0 Å². The molecular formula is C15H12N4O3. The molecule has 7 nitrogen and oxygen atoms in total. The first-order valence-electron chi connectivity index (χ1n) is 6.80. The number of nitrogens with zero attached hydrogens (tertiary/aromatic N) is 4. The summed E-state index contributed by atoms with van der Waals surface area (Å²) in [5.74, 6) is 2.44. The summed E-state index contributed by atoms with van der Waals surface area (Å²) in [4.78, 5) is 4.35. The minimum atomic E-state index is 0.260. The first-order valence-corrected chi connectivity index (χ1v) is 6.80. The van der Waals surface area contributed by atoms with Crippen LogP contribution >= 0.6 is 0 Å². The highest BCUT2D eigenvalue weighted by molar-refractivity contribution is 5.47. The molecule has 3 aromatic rings. The third-order valence-corrected chi connectivity index (χ3v) is 3.29. The second kappa shape index (κ2) is 5.10. The van der Waals surface area contributed by atoms with Gasteiger partial charge in [-0.25, -0.2) is 0 Å². The molecule has 1 aliphatic heterocycles. The molecule has 0 aliphatic carbocycles. The summed E-state index contributed by atoms with van der Waals surface area (Å²) in [6.07, 6.45) is 0.517. The Balaban J connectivity index is 1.55.